The average Bonchev–Trinajstić information content (AvgIpc) is 2.62. The van der Waals surface area contributed by atoms with E-state index in [-0.39, 0.29) is 0 Å². The second-order valence-electron chi connectivity index (χ2n) is 3.59. The number of hydrogen-bond donors (Lipinski definition) is 0. The van der Waals surface area contributed by atoms with Gasteiger partial charge in [-0.05, 0) is 36.0 Å². The van der Waals surface area contributed by atoms with Gasteiger partial charge in [-0.3, -0.25) is 0 Å². The second-order valence-corrected chi connectivity index (χ2v) is 4.50. The first-order chi connectivity index (χ1) is 6.81. The van der Waals surface area contributed by atoms with Crippen molar-refractivity contribution in [3.63, 3.8) is 0 Å². The average molecular weight is 205 g/mol. The van der Waals surface area contributed by atoms with Gasteiger partial charge >= 0.3 is 0 Å². The SMILES string of the molecule is CCN(C)Cc1csc2ccccc12. The summed E-state index contributed by atoms with van der Waals surface area (Å²) in [5.41, 5.74) is 1.45. The van der Waals surface area contributed by atoms with Crippen molar-refractivity contribution in [2.75, 3.05) is 13.6 Å². The van der Waals surface area contributed by atoms with E-state index in [0.29, 0.717) is 0 Å². The van der Waals surface area contributed by atoms with Crippen LogP contribution in [0.2, 0.25) is 0 Å². The Morgan fingerprint density at radius 1 is 1.29 bits per heavy atom. The minimum Gasteiger partial charge on any atom is -0.302 e. The fourth-order valence-electron chi connectivity index (χ4n) is 1.56. The number of fused-ring (bicyclic) bond motifs is 1. The summed E-state index contributed by atoms with van der Waals surface area (Å²) < 4.78 is 1.40. The lowest BCUT2D eigenvalue weighted by Gasteiger charge is -2.12. The number of nitrogens with zero attached hydrogens (tertiary/aromatic N) is 1. The third-order valence-electron chi connectivity index (χ3n) is 2.54. The highest BCUT2D eigenvalue weighted by molar-refractivity contribution is 7.17. The molecule has 0 aliphatic heterocycles. The van der Waals surface area contributed by atoms with Crippen LogP contribution in [-0.4, -0.2) is 18.5 Å². The molecule has 0 atom stereocenters. The van der Waals surface area contributed by atoms with Crippen molar-refractivity contribution in [1.29, 1.82) is 0 Å². The van der Waals surface area contributed by atoms with Gasteiger partial charge in [0.05, 0.1) is 0 Å². The van der Waals surface area contributed by atoms with E-state index in [1.165, 1.54) is 15.6 Å². The Kier molecular flexibility index (Phi) is 2.85. The van der Waals surface area contributed by atoms with Gasteiger partial charge in [-0.15, -0.1) is 11.3 Å². The molecule has 0 radical (unpaired) electrons. The van der Waals surface area contributed by atoms with Gasteiger partial charge in [0.2, 0.25) is 0 Å². The van der Waals surface area contributed by atoms with Crippen LogP contribution in [0, 0.1) is 0 Å². The summed E-state index contributed by atoms with van der Waals surface area (Å²) in [6.45, 7) is 4.35. The van der Waals surface area contributed by atoms with E-state index in [1.54, 1.807) is 0 Å². The van der Waals surface area contributed by atoms with E-state index in [0.717, 1.165) is 13.1 Å². The molecule has 74 valence electrons. The Hall–Kier alpha value is -0.860. The summed E-state index contributed by atoms with van der Waals surface area (Å²) in [5.74, 6) is 0. The Labute approximate surface area is 89.0 Å². The topological polar surface area (TPSA) is 3.24 Å². The highest BCUT2D eigenvalue weighted by Crippen LogP contribution is 2.26. The summed E-state index contributed by atoms with van der Waals surface area (Å²) in [6, 6.07) is 8.62. The zero-order chi connectivity index (χ0) is 9.97. The third-order valence-corrected chi connectivity index (χ3v) is 3.55. The molecule has 0 amide bonds. The zero-order valence-electron chi connectivity index (χ0n) is 8.66. The predicted octanol–water partition coefficient (Wildman–Crippen LogP) is 3.35. The number of thiophene rings is 1. The standard InChI is InChI=1S/C12H15NS/c1-3-13(2)8-10-9-14-12-7-5-4-6-11(10)12/h4-7,9H,3,8H2,1-2H3. The largest absolute Gasteiger partial charge is 0.302 e. The van der Waals surface area contributed by atoms with Gasteiger partial charge in [-0.25, -0.2) is 0 Å². The Morgan fingerprint density at radius 2 is 2.07 bits per heavy atom. The maximum Gasteiger partial charge on any atom is 0.0346 e. The summed E-state index contributed by atoms with van der Waals surface area (Å²) >= 11 is 1.84. The van der Waals surface area contributed by atoms with Crippen molar-refractivity contribution in [3.8, 4) is 0 Å². The zero-order valence-corrected chi connectivity index (χ0v) is 9.47. The fraction of sp³-hybridized carbons (Fsp3) is 0.333. The van der Waals surface area contributed by atoms with Crippen molar-refractivity contribution in [3.05, 3.63) is 35.2 Å². The quantitative estimate of drug-likeness (QED) is 0.742. The molecule has 0 aliphatic rings. The molecule has 0 bridgehead atoms. The van der Waals surface area contributed by atoms with Crippen LogP contribution in [-0.2, 0) is 6.54 Å². The monoisotopic (exact) mass is 205 g/mol. The van der Waals surface area contributed by atoms with Crippen molar-refractivity contribution in [2.45, 2.75) is 13.5 Å². The molecule has 1 nitrogen and oxygen atoms in total. The minimum absolute atomic E-state index is 1.06. The van der Waals surface area contributed by atoms with Gasteiger partial charge in [-0.1, -0.05) is 25.1 Å². The van der Waals surface area contributed by atoms with Crippen LogP contribution < -0.4 is 0 Å². The molecule has 0 fully saturated rings. The Morgan fingerprint density at radius 3 is 2.86 bits per heavy atom. The van der Waals surface area contributed by atoms with Gasteiger partial charge in [0.15, 0.2) is 0 Å². The number of rotatable bonds is 3. The maximum absolute atomic E-state index is 2.33. The van der Waals surface area contributed by atoms with Crippen LogP contribution in [0.1, 0.15) is 12.5 Å². The van der Waals surface area contributed by atoms with E-state index in [9.17, 15) is 0 Å². The smallest absolute Gasteiger partial charge is 0.0346 e. The lowest BCUT2D eigenvalue weighted by Crippen LogP contribution is -2.16. The molecular formula is C12H15NS. The van der Waals surface area contributed by atoms with E-state index in [2.05, 4.69) is 48.5 Å². The van der Waals surface area contributed by atoms with Crippen LogP contribution in [0.3, 0.4) is 0 Å². The summed E-state index contributed by atoms with van der Waals surface area (Å²) in [6.07, 6.45) is 0. The highest BCUT2D eigenvalue weighted by atomic mass is 32.1. The molecule has 0 aliphatic carbocycles. The maximum atomic E-state index is 2.33. The van der Waals surface area contributed by atoms with Crippen LogP contribution in [0.4, 0.5) is 0 Å². The van der Waals surface area contributed by atoms with Crippen LogP contribution in [0.5, 0.6) is 0 Å². The number of hydrogen-bond acceptors (Lipinski definition) is 2. The molecule has 0 N–H and O–H groups in total. The lowest BCUT2D eigenvalue weighted by molar-refractivity contribution is 0.347. The first kappa shape index (κ1) is 9.69. The van der Waals surface area contributed by atoms with E-state index in [1.807, 2.05) is 11.3 Å². The highest BCUT2D eigenvalue weighted by Gasteiger charge is 2.04. The molecule has 1 heterocycles. The molecule has 0 unspecified atom stereocenters. The third kappa shape index (κ3) is 1.81. The van der Waals surface area contributed by atoms with E-state index < -0.39 is 0 Å². The predicted molar refractivity (Wildman–Crippen MR) is 63.8 cm³/mol. The molecule has 1 aromatic heterocycles. The van der Waals surface area contributed by atoms with Gasteiger partial charge in [0.25, 0.3) is 0 Å². The van der Waals surface area contributed by atoms with Crippen LogP contribution in [0.15, 0.2) is 29.6 Å². The minimum atomic E-state index is 1.06. The van der Waals surface area contributed by atoms with Gasteiger partial charge in [0.1, 0.15) is 0 Å². The van der Waals surface area contributed by atoms with Crippen molar-refractivity contribution in [2.24, 2.45) is 0 Å². The summed E-state index contributed by atoms with van der Waals surface area (Å²) in [4.78, 5) is 2.33. The van der Waals surface area contributed by atoms with Gasteiger partial charge in [0, 0.05) is 11.2 Å². The molecule has 2 heteroatoms. The van der Waals surface area contributed by atoms with Gasteiger partial charge < -0.3 is 4.90 Å². The first-order valence-electron chi connectivity index (χ1n) is 4.95. The molecule has 0 saturated carbocycles. The molecule has 2 rings (SSSR count). The normalized spacial score (nSPS) is 11.4. The van der Waals surface area contributed by atoms with Crippen LogP contribution in [0.25, 0.3) is 10.1 Å². The molecule has 2 aromatic rings. The van der Waals surface area contributed by atoms with Crippen molar-refractivity contribution >= 4 is 21.4 Å². The summed E-state index contributed by atoms with van der Waals surface area (Å²) in [5, 5.41) is 3.69. The second kappa shape index (κ2) is 4.11. The molecule has 0 spiro atoms. The van der Waals surface area contributed by atoms with Gasteiger partial charge in [-0.2, -0.15) is 0 Å². The molecule has 14 heavy (non-hydrogen) atoms. The van der Waals surface area contributed by atoms with Crippen molar-refractivity contribution < 1.29 is 0 Å². The van der Waals surface area contributed by atoms with Crippen molar-refractivity contribution in [1.82, 2.24) is 4.90 Å². The van der Waals surface area contributed by atoms with E-state index >= 15 is 0 Å². The Balaban J connectivity index is 2.33. The Bertz CT molecular complexity index is 419. The molecular weight excluding hydrogens is 190 g/mol. The number of benzene rings is 1. The molecule has 1 aromatic carbocycles. The van der Waals surface area contributed by atoms with E-state index in [4.69, 9.17) is 0 Å². The van der Waals surface area contributed by atoms with Crippen LogP contribution >= 0.6 is 11.3 Å². The first-order valence-corrected chi connectivity index (χ1v) is 5.83. The lowest BCUT2D eigenvalue weighted by atomic mass is 10.2. The summed E-state index contributed by atoms with van der Waals surface area (Å²) in [7, 11) is 2.16. The molecule has 0 saturated heterocycles. The fourth-order valence-corrected chi connectivity index (χ4v) is 2.51.